The number of hydrogen-bond donors (Lipinski definition) is 2. The Morgan fingerprint density at radius 3 is 1.79 bits per heavy atom. The molecule has 0 aliphatic rings. The third-order valence-electron chi connectivity index (χ3n) is 3.31. The standard InChI is InChI=1S/C19H27F3N2O4/c1-17(2,3)27-15(25)13(23)14(24-16(26)28-18(4,5)6)11-7-9-12(10-8-11)19(20,21)22/h7-10,13-14H,23H2,1-6H3,(H,24,26)/t13-,14-/m1/s1. The van der Waals surface area contributed by atoms with Crippen molar-refractivity contribution in [3.63, 3.8) is 0 Å². The summed E-state index contributed by atoms with van der Waals surface area (Å²) in [6.45, 7) is 9.87. The molecule has 0 radical (unpaired) electrons. The van der Waals surface area contributed by atoms with E-state index in [9.17, 15) is 22.8 Å². The molecule has 1 aromatic rings. The summed E-state index contributed by atoms with van der Waals surface area (Å²) in [6, 6.07) is 1.49. The van der Waals surface area contributed by atoms with Crippen LogP contribution in [0.5, 0.6) is 0 Å². The molecule has 158 valence electrons. The normalized spacial score (nSPS) is 14.8. The summed E-state index contributed by atoms with van der Waals surface area (Å²) in [5.74, 6) is -0.812. The van der Waals surface area contributed by atoms with Crippen LogP contribution in [0.15, 0.2) is 24.3 Å². The molecule has 0 aliphatic heterocycles. The van der Waals surface area contributed by atoms with E-state index >= 15 is 0 Å². The van der Waals surface area contributed by atoms with Gasteiger partial charge < -0.3 is 20.5 Å². The number of amides is 1. The number of halogens is 3. The molecule has 6 nitrogen and oxygen atoms in total. The first-order valence-corrected chi connectivity index (χ1v) is 8.65. The van der Waals surface area contributed by atoms with Gasteiger partial charge in [-0.05, 0) is 59.2 Å². The van der Waals surface area contributed by atoms with Crippen molar-refractivity contribution in [2.75, 3.05) is 0 Å². The number of ether oxygens (including phenoxy) is 2. The van der Waals surface area contributed by atoms with Crippen LogP contribution in [0.1, 0.15) is 58.7 Å². The van der Waals surface area contributed by atoms with Gasteiger partial charge in [0.05, 0.1) is 11.6 Å². The molecule has 0 unspecified atom stereocenters. The van der Waals surface area contributed by atoms with E-state index in [1.807, 2.05) is 0 Å². The van der Waals surface area contributed by atoms with Gasteiger partial charge in [-0.2, -0.15) is 13.2 Å². The molecule has 1 amide bonds. The fraction of sp³-hybridized carbons (Fsp3) is 0.579. The molecule has 9 heteroatoms. The fourth-order valence-corrected chi connectivity index (χ4v) is 2.20. The van der Waals surface area contributed by atoms with Crippen LogP contribution in [0.2, 0.25) is 0 Å². The topological polar surface area (TPSA) is 90.6 Å². The van der Waals surface area contributed by atoms with E-state index in [4.69, 9.17) is 15.2 Å². The molecule has 0 aliphatic carbocycles. The van der Waals surface area contributed by atoms with Gasteiger partial charge in [0.25, 0.3) is 0 Å². The second-order valence-corrected chi connectivity index (χ2v) is 8.30. The number of hydrogen-bond acceptors (Lipinski definition) is 5. The number of nitrogens with two attached hydrogens (primary N) is 1. The summed E-state index contributed by atoms with van der Waals surface area (Å²) < 4.78 is 48.8. The SMILES string of the molecule is CC(C)(C)OC(=O)N[C@H](c1ccc(C(F)(F)F)cc1)[C@@H](N)C(=O)OC(C)(C)C. The molecular weight excluding hydrogens is 377 g/mol. The van der Waals surface area contributed by atoms with Crippen LogP contribution in [-0.2, 0) is 20.4 Å². The Labute approximate surface area is 162 Å². The van der Waals surface area contributed by atoms with Crippen LogP contribution in [0.4, 0.5) is 18.0 Å². The number of carbonyl (C=O) groups excluding carboxylic acids is 2. The molecule has 2 atom stereocenters. The Kier molecular flexibility index (Phi) is 7.11. The van der Waals surface area contributed by atoms with Crippen molar-refractivity contribution in [1.82, 2.24) is 5.32 Å². The predicted octanol–water partition coefficient (Wildman–Crippen LogP) is 3.94. The predicted molar refractivity (Wildman–Crippen MR) is 97.4 cm³/mol. The molecule has 1 aromatic carbocycles. The highest BCUT2D eigenvalue weighted by atomic mass is 19.4. The number of alkyl halides is 3. The van der Waals surface area contributed by atoms with E-state index in [1.165, 1.54) is 0 Å². The minimum atomic E-state index is -4.51. The highest BCUT2D eigenvalue weighted by Gasteiger charge is 2.34. The Bertz CT molecular complexity index is 689. The smallest absolute Gasteiger partial charge is 0.416 e. The number of alkyl carbamates (subject to hydrolysis) is 1. The molecule has 0 aromatic heterocycles. The zero-order valence-corrected chi connectivity index (χ0v) is 16.8. The van der Waals surface area contributed by atoms with Crippen molar-refractivity contribution in [1.29, 1.82) is 0 Å². The van der Waals surface area contributed by atoms with Gasteiger partial charge in [0.15, 0.2) is 0 Å². The van der Waals surface area contributed by atoms with Gasteiger partial charge in [0.2, 0.25) is 0 Å². The molecule has 28 heavy (non-hydrogen) atoms. The maximum absolute atomic E-state index is 12.8. The van der Waals surface area contributed by atoms with Crippen LogP contribution < -0.4 is 11.1 Å². The molecule has 0 saturated heterocycles. The number of carbonyl (C=O) groups is 2. The lowest BCUT2D eigenvalue weighted by atomic mass is 9.98. The molecule has 1 rings (SSSR count). The van der Waals surface area contributed by atoms with Crippen molar-refractivity contribution in [2.24, 2.45) is 5.73 Å². The molecule has 0 spiro atoms. The first-order chi connectivity index (χ1) is 12.5. The van der Waals surface area contributed by atoms with Gasteiger partial charge in [0.1, 0.15) is 17.2 Å². The zero-order valence-electron chi connectivity index (χ0n) is 16.8. The van der Waals surface area contributed by atoms with Gasteiger partial charge in [-0.25, -0.2) is 4.79 Å². The van der Waals surface area contributed by atoms with E-state index in [1.54, 1.807) is 41.5 Å². The van der Waals surface area contributed by atoms with Crippen molar-refractivity contribution < 1.29 is 32.2 Å². The number of rotatable bonds is 4. The highest BCUT2D eigenvalue weighted by Crippen LogP contribution is 2.30. The molecular formula is C19H27F3N2O4. The third-order valence-corrected chi connectivity index (χ3v) is 3.31. The molecule has 0 saturated carbocycles. The number of nitrogens with one attached hydrogen (secondary N) is 1. The maximum Gasteiger partial charge on any atom is 0.416 e. The fourth-order valence-electron chi connectivity index (χ4n) is 2.20. The Hall–Kier alpha value is -2.29. The van der Waals surface area contributed by atoms with Gasteiger partial charge in [-0.1, -0.05) is 12.1 Å². The summed E-state index contributed by atoms with van der Waals surface area (Å²) in [5, 5.41) is 2.45. The summed E-state index contributed by atoms with van der Waals surface area (Å²) in [5.41, 5.74) is 3.67. The van der Waals surface area contributed by atoms with Gasteiger partial charge >= 0.3 is 18.2 Å². The second kappa shape index (κ2) is 8.38. The lowest BCUT2D eigenvalue weighted by Gasteiger charge is -2.29. The van der Waals surface area contributed by atoms with Crippen LogP contribution in [-0.4, -0.2) is 29.3 Å². The Morgan fingerprint density at radius 2 is 1.39 bits per heavy atom. The van der Waals surface area contributed by atoms with E-state index in [-0.39, 0.29) is 5.56 Å². The first-order valence-electron chi connectivity index (χ1n) is 8.65. The molecule has 0 bridgehead atoms. The van der Waals surface area contributed by atoms with Gasteiger partial charge in [-0.3, -0.25) is 4.79 Å². The van der Waals surface area contributed by atoms with Crippen LogP contribution in [0, 0.1) is 0 Å². The minimum absolute atomic E-state index is 0.206. The quantitative estimate of drug-likeness (QED) is 0.742. The molecule has 0 fully saturated rings. The van der Waals surface area contributed by atoms with Crippen LogP contribution in [0.25, 0.3) is 0 Å². The molecule has 3 N–H and O–H groups in total. The lowest BCUT2D eigenvalue weighted by Crippen LogP contribution is -2.48. The van der Waals surface area contributed by atoms with E-state index < -0.39 is 47.1 Å². The summed E-state index contributed by atoms with van der Waals surface area (Å²) >= 11 is 0. The van der Waals surface area contributed by atoms with E-state index in [2.05, 4.69) is 5.32 Å². The maximum atomic E-state index is 12.8. The average Bonchev–Trinajstić information content (AvgIpc) is 2.48. The number of benzene rings is 1. The van der Waals surface area contributed by atoms with Crippen molar-refractivity contribution >= 4 is 12.1 Å². The first kappa shape index (κ1) is 23.7. The van der Waals surface area contributed by atoms with Crippen molar-refractivity contribution in [2.45, 2.75) is 71.0 Å². The summed E-state index contributed by atoms with van der Waals surface area (Å²) in [6.07, 6.45) is -5.38. The largest absolute Gasteiger partial charge is 0.459 e. The van der Waals surface area contributed by atoms with Gasteiger partial charge in [0, 0.05) is 0 Å². The Morgan fingerprint density at radius 1 is 0.929 bits per heavy atom. The lowest BCUT2D eigenvalue weighted by molar-refractivity contribution is -0.157. The highest BCUT2D eigenvalue weighted by molar-refractivity contribution is 5.79. The van der Waals surface area contributed by atoms with Crippen molar-refractivity contribution in [3.8, 4) is 0 Å². The third kappa shape index (κ3) is 7.75. The van der Waals surface area contributed by atoms with Crippen molar-refractivity contribution in [3.05, 3.63) is 35.4 Å². The van der Waals surface area contributed by atoms with Gasteiger partial charge in [-0.15, -0.1) is 0 Å². The summed E-state index contributed by atoms with van der Waals surface area (Å²) in [4.78, 5) is 24.5. The van der Waals surface area contributed by atoms with E-state index in [0.717, 1.165) is 24.3 Å². The monoisotopic (exact) mass is 404 g/mol. The minimum Gasteiger partial charge on any atom is -0.459 e. The van der Waals surface area contributed by atoms with E-state index in [0.29, 0.717) is 0 Å². The second-order valence-electron chi connectivity index (χ2n) is 8.30. The number of esters is 1. The zero-order chi connectivity index (χ0) is 21.9. The van der Waals surface area contributed by atoms with Crippen LogP contribution in [0.3, 0.4) is 0 Å². The van der Waals surface area contributed by atoms with Crippen LogP contribution >= 0.6 is 0 Å². The average molecular weight is 404 g/mol. The molecule has 0 heterocycles. The summed E-state index contributed by atoms with van der Waals surface area (Å²) in [7, 11) is 0. The Balaban J connectivity index is 3.16.